The Bertz CT molecular complexity index is 500. The van der Waals surface area contributed by atoms with Gasteiger partial charge in [-0.1, -0.05) is 22.8 Å². The van der Waals surface area contributed by atoms with Crippen LogP contribution in [0.5, 0.6) is 5.75 Å². The largest absolute Gasteiger partial charge is 0.484 e. The summed E-state index contributed by atoms with van der Waals surface area (Å²) in [5.41, 5.74) is 0. The number of aromatic nitrogens is 2. The second-order valence-electron chi connectivity index (χ2n) is 3.41. The molecule has 0 saturated carbocycles. The number of alkyl halides is 1. The lowest BCUT2D eigenvalue weighted by atomic mass is 10.3. The maximum atomic E-state index is 5.82. The Morgan fingerprint density at radius 3 is 2.94 bits per heavy atom. The van der Waals surface area contributed by atoms with Gasteiger partial charge in [-0.05, 0) is 25.1 Å². The van der Waals surface area contributed by atoms with E-state index in [1.807, 2.05) is 0 Å². The average molecular weight is 273 g/mol. The van der Waals surface area contributed by atoms with Gasteiger partial charge in [0, 0.05) is 5.02 Å². The van der Waals surface area contributed by atoms with Crippen molar-refractivity contribution in [2.24, 2.45) is 0 Å². The van der Waals surface area contributed by atoms with Gasteiger partial charge in [-0.15, -0.1) is 11.6 Å². The molecule has 1 aromatic heterocycles. The van der Waals surface area contributed by atoms with Crippen LogP contribution in [0.3, 0.4) is 0 Å². The molecule has 0 aliphatic rings. The number of nitrogens with zero attached hydrogens (tertiary/aromatic N) is 2. The van der Waals surface area contributed by atoms with E-state index >= 15 is 0 Å². The van der Waals surface area contributed by atoms with Crippen LogP contribution in [0.1, 0.15) is 24.0 Å². The maximum Gasteiger partial charge on any atom is 0.264 e. The first-order valence-corrected chi connectivity index (χ1v) is 5.81. The van der Waals surface area contributed by atoms with Gasteiger partial charge in [0.05, 0.1) is 5.38 Å². The summed E-state index contributed by atoms with van der Waals surface area (Å²) >= 11 is 11.6. The van der Waals surface area contributed by atoms with Crippen LogP contribution < -0.4 is 4.74 Å². The zero-order valence-electron chi connectivity index (χ0n) is 9.06. The number of rotatable bonds is 4. The van der Waals surface area contributed by atoms with E-state index in [9.17, 15) is 0 Å². The van der Waals surface area contributed by atoms with Crippen molar-refractivity contribution in [3.8, 4) is 5.75 Å². The predicted molar refractivity (Wildman–Crippen MR) is 64.4 cm³/mol. The fraction of sp³-hybridized carbons (Fsp3) is 0.273. The summed E-state index contributed by atoms with van der Waals surface area (Å²) in [5.74, 6) is 1.49. The predicted octanol–water partition coefficient (Wildman–Crippen LogP) is 3.60. The summed E-state index contributed by atoms with van der Waals surface area (Å²) in [6.45, 7) is 1.96. The van der Waals surface area contributed by atoms with Crippen molar-refractivity contribution in [3.05, 3.63) is 41.0 Å². The standard InChI is InChI=1S/C11H10Cl2N2O2/c1-7(12)11-14-10(17-15-11)6-16-9-4-2-3-8(13)5-9/h2-5,7H,6H2,1H3. The summed E-state index contributed by atoms with van der Waals surface area (Å²) in [5, 5.41) is 4.06. The molecule has 0 fully saturated rings. The molecule has 0 aliphatic carbocycles. The first-order valence-electron chi connectivity index (χ1n) is 5.00. The highest BCUT2D eigenvalue weighted by Gasteiger charge is 2.11. The van der Waals surface area contributed by atoms with Crippen LogP contribution in [0.2, 0.25) is 5.02 Å². The Balaban J connectivity index is 1.97. The van der Waals surface area contributed by atoms with Crippen molar-refractivity contribution in [1.29, 1.82) is 0 Å². The van der Waals surface area contributed by atoms with E-state index in [-0.39, 0.29) is 12.0 Å². The number of hydrogen-bond acceptors (Lipinski definition) is 4. The SMILES string of the molecule is CC(Cl)c1noc(COc2cccc(Cl)c2)n1. The molecule has 4 nitrogen and oxygen atoms in total. The van der Waals surface area contributed by atoms with E-state index in [0.717, 1.165) is 0 Å². The van der Waals surface area contributed by atoms with Crippen molar-refractivity contribution in [1.82, 2.24) is 10.1 Å². The summed E-state index contributed by atoms with van der Waals surface area (Å²) in [4.78, 5) is 4.08. The molecule has 0 spiro atoms. The topological polar surface area (TPSA) is 48.2 Å². The van der Waals surface area contributed by atoms with Gasteiger partial charge in [0.2, 0.25) is 0 Å². The van der Waals surface area contributed by atoms with E-state index in [2.05, 4.69) is 10.1 Å². The third-order valence-electron chi connectivity index (χ3n) is 2.00. The van der Waals surface area contributed by atoms with E-state index < -0.39 is 0 Å². The van der Waals surface area contributed by atoms with E-state index in [0.29, 0.717) is 22.5 Å². The highest BCUT2D eigenvalue weighted by Crippen LogP contribution is 2.19. The molecule has 6 heteroatoms. The summed E-state index contributed by atoms with van der Waals surface area (Å²) in [6.07, 6.45) is 0. The summed E-state index contributed by atoms with van der Waals surface area (Å²) in [6, 6.07) is 7.09. The monoisotopic (exact) mass is 272 g/mol. The van der Waals surface area contributed by atoms with Crippen molar-refractivity contribution >= 4 is 23.2 Å². The number of benzene rings is 1. The lowest BCUT2D eigenvalue weighted by molar-refractivity contribution is 0.242. The fourth-order valence-electron chi connectivity index (χ4n) is 1.19. The quantitative estimate of drug-likeness (QED) is 0.798. The van der Waals surface area contributed by atoms with Crippen LogP contribution in [0.25, 0.3) is 0 Å². The molecule has 0 aliphatic heterocycles. The minimum atomic E-state index is -0.279. The Morgan fingerprint density at radius 1 is 1.47 bits per heavy atom. The minimum absolute atomic E-state index is 0.191. The van der Waals surface area contributed by atoms with E-state index in [1.165, 1.54) is 0 Å². The Hall–Kier alpha value is -1.26. The van der Waals surface area contributed by atoms with Crippen molar-refractivity contribution in [2.75, 3.05) is 0 Å². The first-order chi connectivity index (χ1) is 8.15. The highest BCUT2D eigenvalue weighted by molar-refractivity contribution is 6.30. The van der Waals surface area contributed by atoms with E-state index in [1.54, 1.807) is 31.2 Å². The van der Waals surface area contributed by atoms with Gasteiger partial charge in [0.25, 0.3) is 5.89 Å². The van der Waals surface area contributed by atoms with Crippen LogP contribution in [-0.4, -0.2) is 10.1 Å². The van der Waals surface area contributed by atoms with Gasteiger partial charge in [0.1, 0.15) is 5.75 Å². The van der Waals surface area contributed by atoms with E-state index in [4.69, 9.17) is 32.5 Å². The van der Waals surface area contributed by atoms with Gasteiger partial charge in [-0.25, -0.2) is 0 Å². The molecule has 0 bridgehead atoms. The lowest BCUT2D eigenvalue weighted by Gasteiger charge is -2.02. The molecule has 2 aromatic rings. The normalized spacial score (nSPS) is 12.4. The summed E-state index contributed by atoms with van der Waals surface area (Å²) < 4.78 is 10.4. The second kappa shape index (κ2) is 5.38. The lowest BCUT2D eigenvalue weighted by Crippen LogP contribution is -1.96. The Labute approximate surface area is 108 Å². The third-order valence-corrected chi connectivity index (χ3v) is 2.43. The van der Waals surface area contributed by atoms with Gasteiger partial charge >= 0.3 is 0 Å². The van der Waals surface area contributed by atoms with Crippen LogP contribution in [0, 0.1) is 0 Å². The molecule has 1 unspecified atom stereocenters. The molecule has 0 amide bonds. The van der Waals surface area contributed by atoms with Crippen molar-refractivity contribution in [2.45, 2.75) is 18.9 Å². The molecule has 17 heavy (non-hydrogen) atoms. The Kier molecular flexibility index (Phi) is 3.86. The van der Waals surface area contributed by atoms with Gasteiger partial charge in [0.15, 0.2) is 12.4 Å². The van der Waals surface area contributed by atoms with Crippen LogP contribution in [0.4, 0.5) is 0 Å². The number of hydrogen-bond donors (Lipinski definition) is 0. The molecule has 0 saturated heterocycles. The zero-order chi connectivity index (χ0) is 12.3. The van der Waals surface area contributed by atoms with Crippen LogP contribution >= 0.6 is 23.2 Å². The van der Waals surface area contributed by atoms with Crippen molar-refractivity contribution in [3.63, 3.8) is 0 Å². The molecule has 1 heterocycles. The summed E-state index contributed by atoms with van der Waals surface area (Å²) in [7, 11) is 0. The molecule has 90 valence electrons. The second-order valence-corrected chi connectivity index (χ2v) is 4.50. The smallest absolute Gasteiger partial charge is 0.264 e. The number of ether oxygens (including phenoxy) is 1. The minimum Gasteiger partial charge on any atom is -0.484 e. The van der Waals surface area contributed by atoms with Gasteiger partial charge < -0.3 is 9.26 Å². The fourth-order valence-corrected chi connectivity index (χ4v) is 1.46. The molecule has 1 aromatic carbocycles. The average Bonchev–Trinajstić information content (AvgIpc) is 2.75. The van der Waals surface area contributed by atoms with Gasteiger partial charge in [-0.3, -0.25) is 0 Å². The van der Waals surface area contributed by atoms with Crippen LogP contribution in [0.15, 0.2) is 28.8 Å². The van der Waals surface area contributed by atoms with Gasteiger partial charge in [-0.2, -0.15) is 4.98 Å². The first kappa shape index (κ1) is 12.2. The zero-order valence-corrected chi connectivity index (χ0v) is 10.6. The maximum absolute atomic E-state index is 5.82. The molecule has 2 rings (SSSR count). The number of halogens is 2. The third kappa shape index (κ3) is 3.35. The molecular weight excluding hydrogens is 263 g/mol. The molecule has 1 atom stereocenters. The van der Waals surface area contributed by atoms with Crippen molar-refractivity contribution < 1.29 is 9.26 Å². The molecule has 0 N–H and O–H groups in total. The molecular formula is C11H10Cl2N2O2. The molecule has 0 radical (unpaired) electrons. The van der Waals surface area contributed by atoms with Crippen LogP contribution in [-0.2, 0) is 6.61 Å². The highest BCUT2D eigenvalue weighted by atomic mass is 35.5. The Morgan fingerprint density at radius 2 is 2.29 bits per heavy atom.